The number of amides is 1. The van der Waals surface area contributed by atoms with E-state index in [1.165, 1.54) is 0 Å². The molecule has 0 aliphatic carbocycles. The van der Waals surface area contributed by atoms with Gasteiger partial charge in [-0.3, -0.25) is 4.79 Å². The fourth-order valence-electron chi connectivity index (χ4n) is 1.87. The molecule has 0 fully saturated rings. The van der Waals surface area contributed by atoms with Gasteiger partial charge >= 0.3 is 0 Å². The van der Waals surface area contributed by atoms with Crippen molar-refractivity contribution in [1.82, 2.24) is 5.32 Å². The third-order valence-electron chi connectivity index (χ3n) is 2.57. The monoisotopic (exact) mass is 194 g/mol. The number of rotatable bonds is 0. The van der Waals surface area contributed by atoms with Crippen molar-refractivity contribution in [3.8, 4) is 11.1 Å². The van der Waals surface area contributed by atoms with E-state index in [9.17, 15) is 4.79 Å². The first kappa shape index (κ1) is 8.24. The molecule has 1 aliphatic heterocycles. The molecule has 2 heteroatoms. The number of nitrogens with zero attached hydrogens (tertiary/aromatic N) is 1. The van der Waals surface area contributed by atoms with E-state index in [4.69, 9.17) is 0 Å². The highest BCUT2D eigenvalue weighted by Gasteiger charge is 2.22. The summed E-state index contributed by atoms with van der Waals surface area (Å²) in [6.07, 6.45) is 0. The van der Waals surface area contributed by atoms with E-state index in [1.807, 2.05) is 48.5 Å². The number of fused-ring (bicyclic) bond motifs is 3. The first-order valence-corrected chi connectivity index (χ1v) is 4.81. The molecule has 1 heterocycles. The van der Waals surface area contributed by atoms with Crippen molar-refractivity contribution in [3.05, 3.63) is 54.1 Å². The molecular weight excluding hydrogens is 186 g/mol. The summed E-state index contributed by atoms with van der Waals surface area (Å²) in [6.45, 7) is 0. The van der Waals surface area contributed by atoms with E-state index < -0.39 is 0 Å². The fraction of sp³-hybridized carbons (Fsp3) is 0. The lowest BCUT2D eigenvalue weighted by molar-refractivity contribution is 0.0968. The van der Waals surface area contributed by atoms with E-state index in [0.717, 1.165) is 16.8 Å². The number of para-hydroxylation sites is 1. The van der Waals surface area contributed by atoms with Crippen molar-refractivity contribution in [3.63, 3.8) is 0 Å². The van der Waals surface area contributed by atoms with Gasteiger partial charge in [0.05, 0.1) is 5.69 Å². The second-order valence-corrected chi connectivity index (χ2v) is 3.48. The molecule has 2 aromatic rings. The molecule has 1 amide bonds. The normalized spacial score (nSPS) is 12.7. The number of benzene rings is 2. The summed E-state index contributed by atoms with van der Waals surface area (Å²) in [4.78, 5) is 11.7. The number of hydrogen-bond donors (Lipinski definition) is 0. The van der Waals surface area contributed by atoms with Crippen LogP contribution in [-0.2, 0) is 0 Å². The van der Waals surface area contributed by atoms with Crippen LogP contribution < -0.4 is 5.32 Å². The molecule has 0 aromatic heterocycles. The van der Waals surface area contributed by atoms with Crippen LogP contribution in [0.5, 0.6) is 0 Å². The molecule has 15 heavy (non-hydrogen) atoms. The Labute approximate surface area is 87.6 Å². The molecule has 2 nitrogen and oxygen atoms in total. The highest BCUT2D eigenvalue weighted by atomic mass is 16.1. The summed E-state index contributed by atoms with van der Waals surface area (Å²) in [5.41, 5.74) is 3.47. The molecule has 0 saturated carbocycles. The SMILES string of the molecule is O=C1[N]c2ccccc2-c2ccccc21. The average Bonchev–Trinajstić information content (AvgIpc) is 2.30. The molecule has 0 spiro atoms. The van der Waals surface area contributed by atoms with Crippen molar-refractivity contribution in [2.75, 3.05) is 0 Å². The van der Waals surface area contributed by atoms with Crippen molar-refractivity contribution < 1.29 is 4.79 Å². The molecule has 2 aromatic carbocycles. The van der Waals surface area contributed by atoms with Gasteiger partial charge in [-0.1, -0.05) is 36.4 Å². The maximum atomic E-state index is 11.7. The first-order chi connectivity index (χ1) is 7.36. The Morgan fingerprint density at radius 1 is 0.733 bits per heavy atom. The highest BCUT2D eigenvalue weighted by molar-refractivity contribution is 6.08. The minimum Gasteiger partial charge on any atom is -0.267 e. The van der Waals surface area contributed by atoms with Crippen molar-refractivity contribution in [2.45, 2.75) is 0 Å². The van der Waals surface area contributed by atoms with Crippen LogP contribution in [0.4, 0.5) is 5.69 Å². The van der Waals surface area contributed by atoms with E-state index in [-0.39, 0.29) is 5.91 Å². The lowest BCUT2D eigenvalue weighted by Gasteiger charge is -2.17. The van der Waals surface area contributed by atoms with Crippen LogP contribution in [-0.4, -0.2) is 5.91 Å². The fourth-order valence-corrected chi connectivity index (χ4v) is 1.87. The van der Waals surface area contributed by atoms with E-state index in [0.29, 0.717) is 5.56 Å². The Bertz CT molecular complexity index is 546. The van der Waals surface area contributed by atoms with Gasteiger partial charge in [-0.25, -0.2) is 5.32 Å². The first-order valence-electron chi connectivity index (χ1n) is 4.81. The molecule has 0 atom stereocenters. The lowest BCUT2D eigenvalue weighted by Crippen LogP contribution is -2.16. The largest absolute Gasteiger partial charge is 0.278 e. The molecule has 1 aliphatic rings. The van der Waals surface area contributed by atoms with Crippen LogP contribution in [0.25, 0.3) is 11.1 Å². The van der Waals surface area contributed by atoms with Gasteiger partial charge in [-0.05, 0) is 17.7 Å². The summed E-state index contributed by atoms with van der Waals surface area (Å²) in [5, 5.41) is 4.05. The third kappa shape index (κ3) is 1.15. The van der Waals surface area contributed by atoms with Crippen LogP contribution in [0.15, 0.2) is 48.5 Å². The Hall–Kier alpha value is -2.09. The molecule has 0 saturated heterocycles. The smallest absolute Gasteiger partial charge is 0.267 e. The molecule has 0 bridgehead atoms. The van der Waals surface area contributed by atoms with Gasteiger partial charge in [0, 0.05) is 11.1 Å². The number of carbonyl (C=O) groups is 1. The number of carbonyl (C=O) groups excluding carboxylic acids is 1. The van der Waals surface area contributed by atoms with E-state index in [1.54, 1.807) is 0 Å². The molecular formula is C13H8NO. The van der Waals surface area contributed by atoms with E-state index >= 15 is 0 Å². The zero-order chi connectivity index (χ0) is 10.3. The number of hydrogen-bond acceptors (Lipinski definition) is 1. The zero-order valence-electron chi connectivity index (χ0n) is 7.97. The topological polar surface area (TPSA) is 31.2 Å². The quantitative estimate of drug-likeness (QED) is 0.634. The average molecular weight is 194 g/mol. The molecule has 71 valence electrons. The maximum Gasteiger partial charge on any atom is 0.278 e. The Balaban J connectivity index is 2.34. The van der Waals surface area contributed by atoms with E-state index in [2.05, 4.69) is 5.32 Å². The zero-order valence-corrected chi connectivity index (χ0v) is 7.97. The minimum absolute atomic E-state index is 0.149. The predicted molar refractivity (Wildman–Crippen MR) is 58.0 cm³/mol. The van der Waals surface area contributed by atoms with Gasteiger partial charge in [-0.2, -0.15) is 0 Å². The standard InChI is InChI=1S/C13H8NO/c15-13-11-7-2-1-5-9(11)10-6-3-4-8-12(10)14-13/h1-8H. The van der Waals surface area contributed by atoms with Crippen LogP contribution in [0.1, 0.15) is 10.4 Å². The predicted octanol–water partition coefficient (Wildman–Crippen LogP) is 2.74. The lowest BCUT2D eigenvalue weighted by atomic mass is 9.94. The maximum absolute atomic E-state index is 11.7. The van der Waals surface area contributed by atoms with Gasteiger partial charge in [0.25, 0.3) is 5.91 Å². The summed E-state index contributed by atoms with van der Waals surface area (Å²) in [7, 11) is 0. The minimum atomic E-state index is -0.149. The summed E-state index contributed by atoms with van der Waals surface area (Å²) < 4.78 is 0. The highest BCUT2D eigenvalue weighted by Crippen LogP contribution is 2.34. The summed E-state index contributed by atoms with van der Waals surface area (Å²) in [5.74, 6) is -0.149. The van der Waals surface area contributed by atoms with Crippen molar-refractivity contribution >= 4 is 11.6 Å². The molecule has 0 unspecified atom stereocenters. The van der Waals surface area contributed by atoms with Gasteiger partial charge < -0.3 is 0 Å². The third-order valence-corrected chi connectivity index (χ3v) is 2.57. The van der Waals surface area contributed by atoms with Gasteiger partial charge in [-0.15, -0.1) is 0 Å². The Morgan fingerprint density at radius 2 is 1.33 bits per heavy atom. The Kier molecular flexibility index (Phi) is 1.62. The van der Waals surface area contributed by atoms with Gasteiger partial charge in [0.15, 0.2) is 0 Å². The van der Waals surface area contributed by atoms with Crippen LogP contribution in [0.3, 0.4) is 0 Å². The van der Waals surface area contributed by atoms with Crippen molar-refractivity contribution in [2.24, 2.45) is 0 Å². The van der Waals surface area contributed by atoms with Crippen molar-refractivity contribution in [1.29, 1.82) is 0 Å². The summed E-state index contributed by atoms with van der Waals surface area (Å²) in [6, 6.07) is 15.3. The Morgan fingerprint density at radius 3 is 2.13 bits per heavy atom. The van der Waals surface area contributed by atoms with Crippen LogP contribution in [0, 0.1) is 0 Å². The second-order valence-electron chi connectivity index (χ2n) is 3.48. The van der Waals surface area contributed by atoms with Crippen LogP contribution >= 0.6 is 0 Å². The molecule has 1 radical (unpaired) electrons. The van der Waals surface area contributed by atoms with Crippen LogP contribution in [0.2, 0.25) is 0 Å². The summed E-state index contributed by atoms with van der Waals surface area (Å²) >= 11 is 0. The van der Waals surface area contributed by atoms with Gasteiger partial charge in [0.1, 0.15) is 0 Å². The second kappa shape index (κ2) is 2.95. The molecule has 3 rings (SSSR count). The molecule has 0 N–H and O–H groups in total. The van der Waals surface area contributed by atoms with Gasteiger partial charge in [0.2, 0.25) is 0 Å².